The number of carbonyl (C=O) groups excluding carboxylic acids is 4. The van der Waals surface area contributed by atoms with Gasteiger partial charge in [-0.25, -0.2) is 14.6 Å². The number of phenolic OH excluding ortho intramolecular Hbond substituents is 2. The number of oxime groups is 1. The van der Waals surface area contributed by atoms with E-state index in [9.17, 15) is 49.2 Å². The molecule has 3 aliphatic heterocycles. The first-order valence-corrected chi connectivity index (χ1v) is 16.4. The number of halogens is 1. The van der Waals surface area contributed by atoms with E-state index in [0.717, 1.165) is 47.0 Å². The lowest BCUT2D eigenvalue weighted by Crippen LogP contribution is -2.68. The summed E-state index contributed by atoms with van der Waals surface area (Å²) in [6, 6.07) is 0.952. The Balaban J connectivity index is 1.24. The summed E-state index contributed by atoms with van der Waals surface area (Å²) in [5.74, 6) is -7.37. The monoisotopic (exact) mass is 728 g/mol. The molecule has 2 aromatic rings. The number of Topliss-reactive ketones (excluding diaryl/α,β-unsaturated/α-hetero) is 1. The predicted octanol–water partition coefficient (Wildman–Crippen LogP) is 0.382. The van der Waals surface area contributed by atoms with Gasteiger partial charge in [-0.3, -0.25) is 19.2 Å². The van der Waals surface area contributed by atoms with Crippen molar-refractivity contribution in [3.05, 3.63) is 33.8 Å². The van der Waals surface area contributed by atoms with E-state index in [2.05, 4.69) is 15.5 Å². The van der Waals surface area contributed by atoms with Gasteiger partial charge in [-0.2, -0.15) is 0 Å². The van der Waals surface area contributed by atoms with Gasteiger partial charge in [0.25, 0.3) is 17.6 Å². The van der Waals surface area contributed by atoms with E-state index in [0.29, 0.717) is 0 Å². The number of thioether (sulfide) groups is 2. The second kappa shape index (κ2) is 12.4. The first kappa shape index (κ1) is 34.1. The van der Waals surface area contributed by atoms with Gasteiger partial charge in [0.1, 0.15) is 17.1 Å². The number of thiazole rings is 1. The van der Waals surface area contributed by atoms with E-state index in [4.69, 9.17) is 22.2 Å². The highest BCUT2D eigenvalue weighted by molar-refractivity contribution is 8.20. The first-order chi connectivity index (χ1) is 22.0. The lowest BCUT2D eigenvalue weighted by Gasteiger charge is -2.41. The maximum Gasteiger partial charge on any atom is 0.350 e. The molecule has 5 rings (SSSR count). The smallest absolute Gasteiger partial charge is 0.350 e. The molecule has 0 spiro atoms. The van der Waals surface area contributed by atoms with Crippen molar-refractivity contribution in [2.75, 3.05) is 25.4 Å². The Morgan fingerprint density at radius 3 is 2.49 bits per heavy atom. The van der Waals surface area contributed by atoms with Gasteiger partial charge in [-0.15, -0.1) is 34.9 Å². The van der Waals surface area contributed by atoms with Crippen LogP contribution in [0.1, 0.15) is 29.9 Å². The summed E-state index contributed by atoms with van der Waals surface area (Å²) in [5.41, 5.74) is 3.08. The van der Waals surface area contributed by atoms with Crippen molar-refractivity contribution in [2.45, 2.75) is 40.2 Å². The third-order valence-corrected chi connectivity index (χ3v) is 11.7. The number of hydrogen-bond acceptors (Lipinski definition) is 15. The zero-order chi connectivity index (χ0) is 34.6. The number of ketones is 1. The van der Waals surface area contributed by atoms with Gasteiger partial charge in [0.2, 0.25) is 11.5 Å². The van der Waals surface area contributed by atoms with Crippen LogP contribution in [-0.4, -0.2) is 122 Å². The number of carboxylic acids is 2. The number of aromatic nitrogens is 1. The fourth-order valence-electron chi connectivity index (χ4n) is 4.59. The molecule has 3 amide bonds. The largest absolute Gasteiger partial charge is 0.504 e. The van der Waals surface area contributed by atoms with Crippen LogP contribution in [0.2, 0.25) is 5.02 Å². The summed E-state index contributed by atoms with van der Waals surface area (Å²) in [5, 5.41) is 44.8. The van der Waals surface area contributed by atoms with Crippen LogP contribution in [0.3, 0.4) is 0 Å². The Morgan fingerprint density at radius 2 is 1.89 bits per heavy atom. The van der Waals surface area contributed by atoms with Gasteiger partial charge in [-0.1, -0.05) is 16.8 Å². The van der Waals surface area contributed by atoms with E-state index in [1.54, 1.807) is 0 Å². The number of nitrogens with one attached hydrogen (secondary N) is 1. The number of phenols is 2. The topological polar surface area (TPSA) is 262 Å². The number of aliphatic carboxylic acids is 2. The molecule has 0 aliphatic carbocycles. The third kappa shape index (κ3) is 6.24. The van der Waals surface area contributed by atoms with Crippen LogP contribution in [0, 0.1) is 0 Å². The van der Waals surface area contributed by atoms with Crippen LogP contribution in [0.15, 0.2) is 22.7 Å². The summed E-state index contributed by atoms with van der Waals surface area (Å²) < 4.78 is -1.56. The lowest BCUT2D eigenvalue weighted by atomic mass is 10.1. The van der Waals surface area contributed by atoms with Gasteiger partial charge in [0.15, 0.2) is 26.4 Å². The van der Waals surface area contributed by atoms with Crippen LogP contribution in [0.25, 0.3) is 0 Å². The summed E-state index contributed by atoms with van der Waals surface area (Å²) >= 11 is 8.83. The second-order valence-electron chi connectivity index (χ2n) is 11.0. The molecule has 2 unspecified atom stereocenters. The molecule has 21 heteroatoms. The van der Waals surface area contributed by atoms with Gasteiger partial charge < -0.3 is 46.1 Å². The molecule has 0 bridgehead atoms. The van der Waals surface area contributed by atoms with Crippen LogP contribution < -0.4 is 11.1 Å². The van der Waals surface area contributed by atoms with Gasteiger partial charge in [0, 0.05) is 23.7 Å². The third-order valence-electron chi connectivity index (χ3n) is 7.33. The average molecular weight is 729 g/mol. The molecule has 0 radical (unpaired) electrons. The van der Waals surface area contributed by atoms with Gasteiger partial charge in [0.05, 0.1) is 17.1 Å². The summed E-state index contributed by atoms with van der Waals surface area (Å²) in [7, 11) is 0. The number of nitrogens with two attached hydrogens (primary N) is 1. The molecule has 1 aromatic heterocycles. The quantitative estimate of drug-likeness (QED) is 0.0456. The first-order valence-electron chi connectivity index (χ1n) is 13.4. The number of amides is 3. The molecule has 4 heterocycles. The van der Waals surface area contributed by atoms with Crippen molar-refractivity contribution >= 4 is 92.7 Å². The highest BCUT2D eigenvalue weighted by Crippen LogP contribution is 2.54. The van der Waals surface area contributed by atoms with Crippen molar-refractivity contribution < 1.29 is 54.0 Å². The molecule has 3 saturated heterocycles. The van der Waals surface area contributed by atoms with Gasteiger partial charge in [-0.05, 0) is 26.0 Å². The molecule has 0 saturated carbocycles. The highest BCUT2D eigenvalue weighted by atomic mass is 35.5. The number of benzene rings is 1. The summed E-state index contributed by atoms with van der Waals surface area (Å²) in [6.07, 6.45) is 0. The summed E-state index contributed by atoms with van der Waals surface area (Å²) in [4.78, 5) is 87.3. The maximum atomic E-state index is 13.3. The lowest BCUT2D eigenvalue weighted by molar-refractivity contribution is -0.161. The number of fused-ring (bicyclic) bond motifs is 1. The standard InChI is InChI=1S/C26H25ClN6O11S3/c1-25(2,22(40)41)44-31-14(11-7-45-24(28)29-11)18(37)30-15-19(38)33-8-26(23(42)43,47-21(15)33)46-9-5-32(6-9)20(39)16(35)10-3-4-12(34)17(36)13(10)27/h3-4,7,9,15,21,34,36H,5-6,8H2,1-2H3,(H2,28,29)(H,30,37)(H,40,41)(H,42,43)/b31-14-/t15?,21-,26?/m1/s1. The van der Waals surface area contributed by atoms with Gasteiger partial charge >= 0.3 is 11.9 Å². The maximum absolute atomic E-state index is 13.3. The Hall–Kier alpha value is -4.27. The van der Waals surface area contributed by atoms with Crippen LogP contribution >= 0.6 is 46.5 Å². The molecule has 1 aromatic carbocycles. The molecular weight excluding hydrogens is 704 g/mol. The molecule has 3 fully saturated rings. The fourth-order valence-corrected chi connectivity index (χ4v) is 9.00. The molecule has 7 N–H and O–H groups in total. The number of aromatic hydroxyl groups is 2. The van der Waals surface area contributed by atoms with Crippen LogP contribution in [-0.2, 0) is 28.8 Å². The average Bonchev–Trinajstić information content (AvgIpc) is 3.58. The minimum absolute atomic E-state index is 0.00851. The summed E-state index contributed by atoms with van der Waals surface area (Å²) in [6.45, 7) is 2.23. The Morgan fingerprint density at radius 1 is 1.21 bits per heavy atom. The zero-order valence-corrected chi connectivity index (χ0v) is 27.4. The van der Waals surface area contributed by atoms with Crippen molar-refractivity contribution in [3.8, 4) is 11.5 Å². The van der Waals surface area contributed by atoms with Crippen LogP contribution in [0.5, 0.6) is 11.5 Å². The predicted molar refractivity (Wildman–Crippen MR) is 168 cm³/mol. The number of likely N-dealkylation sites (tertiary alicyclic amines) is 1. The molecular formula is C26H25ClN6O11S3. The van der Waals surface area contributed by atoms with Crippen molar-refractivity contribution in [2.24, 2.45) is 5.16 Å². The minimum atomic E-state index is -1.81. The molecule has 17 nitrogen and oxygen atoms in total. The number of carbonyl (C=O) groups is 6. The van der Waals surface area contributed by atoms with E-state index in [1.807, 2.05) is 0 Å². The molecule has 3 atom stereocenters. The zero-order valence-electron chi connectivity index (χ0n) is 24.2. The van der Waals surface area contributed by atoms with Crippen LogP contribution in [0.4, 0.5) is 5.13 Å². The fraction of sp³-hybridized carbons (Fsp3) is 0.385. The minimum Gasteiger partial charge on any atom is -0.504 e. The number of nitrogen functional groups attached to an aromatic ring is 1. The Kier molecular flexibility index (Phi) is 8.99. The molecule has 250 valence electrons. The number of anilines is 1. The Bertz CT molecular complexity index is 1750. The number of carboxylic acid groups (broad SMARTS) is 2. The number of rotatable bonds is 11. The van der Waals surface area contributed by atoms with Crippen molar-refractivity contribution in [1.29, 1.82) is 0 Å². The number of β-lactam (4-membered cyclic amide) rings is 1. The SMILES string of the molecule is CC(C)(O/N=C(\C(=O)NC1C(=O)N2CC(SC3CN(C(=O)C(=O)c4ccc(O)c(O)c4Cl)C3)(C(=O)O)S[C@H]12)c1csc(N)n1)C(=O)O. The van der Waals surface area contributed by atoms with E-state index in [1.165, 1.54) is 29.0 Å². The highest BCUT2D eigenvalue weighted by Gasteiger charge is 2.64. The molecule has 47 heavy (non-hydrogen) atoms. The Labute approximate surface area is 282 Å². The van der Waals surface area contributed by atoms with E-state index in [-0.39, 0.29) is 36.0 Å². The number of nitrogens with zero attached hydrogens (tertiary/aromatic N) is 4. The van der Waals surface area contributed by atoms with Crippen molar-refractivity contribution in [1.82, 2.24) is 20.1 Å². The van der Waals surface area contributed by atoms with E-state index < -0.39 is 84.0 Å². The van der Waals surface area contributed by atoms with E-state index >= 15 is 0 Å². The number of hydrogen-bond donors (Lipinski definition) is 6. The normalized spacial score (nSPS) is 22.6. The molecule has 3 aliphatic rings. The second-order valence-corrected chi connectivity index (χ2v) is 15.5. The van der Waals surface area contributed by atoms with Crippen molar-refractivity contribution in [3.63, 3.8) is 0 Å².